The highest BCUT2D eigenvalue weighted by Gasteiger charge is 2.29. The minimum Gasteiger partial charge on any atom is -0.380 e. The van der Waals surface area contributed by atoms with Gasteiger partial charge in [0.25, 0.3) is 0 Å². The average Bonchev–Trinajstić information content (AvgIpc) is 2.39. The Hall–Kier alpha value is -0.610. The highest BCUT2D eigenvalue weighted by molar-refractivity contribution is 5.79. The maximum Gasteiger partial charge on any atom is 0.227 e. The number of rotatable bonds is 2. The maximum atomic E-state index is 12.2. The molecule has 2 rings (SSSR count). The van der Waals surface area contributed by atoms with Crippen LogP contribution in [0.2, 0.25) is 0 Å². The summed E-state index contributed by atoms with van der Waals surface area (Å²) in [5.41, 5.74) is 0. The highest BCUT2D eigenvalue weighted by Crippen LogP contribution is 2.18. The molecule has 2 atom stereocenters. The zero-order valence-corrected chi connectivity index (χ0v) is 10.1. The van der Waals surface area contributed by atoms with Crippen molar-refractivity contribution in [3.63, 3.8) is 0 Å². The summed E-state index contributed by atoms with van der Waals surface area (Å²) in [6, 6.07) is 0. The molecular formula is C12H22N2O2. The Morgan fingerprint density at radius 1 is 1.38 bits per heavy atom. The van der Waals surface area contributed by atoms with Crippen molar-refractivity contribution in [1.82, 2.24) is 10.2 Å². The van der Waals surface area contributed by atoms with Gasteiger partial charge in [-0.2, -0.15) is 0 Å². The van der Waals surface area contributed by atoms with Crippen LogP contribution in [0, 0.1) is 5.92 Å². The Balaban J connectivity index is 1.87. The number of hydrogen-bond donors (Lipinski definition) is 1. The SMILES string of the molecule is CO[C@H]1CCCN(C(=O)[C@H]2CCCNC2)C1. The molecule has 0 aromatic rings. The van der Waals surface area contributed by atoms with E-state index in [0.29, 0.717) is 5.91 Å². The fourth-order valence-electron chi connectivity index (χ4n) is 2.65. The number of carbonyl (C=O) groups excluding carboxylic acids is 1. The zero-order chi connectivity index (χ0) is 11.4. The van der Waals surface area contributed by atoms with Gasteiger partial charge < -0.3 is 15.0 Å². The van der Waals surface area contributed by atoms with Crippen LogP contribution in [0.3, 0.4) is 0 Å². The quantitative estimate of drug-likeness (QED) is 0.750. The Kier molecular flexibility index (Phi) is 4.18. The molecule has 2 fully saturated rings. The van der Waals surface area contributed by atoms with E-state index in [4.69, 9.17) is 4.74 Å². The van der Waals surface area contributed by atoms with Crippen LogP contribution < -0.4 is 5.32 Å². The van der Waals surface area contributed by atoms with Crippen LogP contribution in [0.1, 0.15) is 25.7 Å². The molecular weight excluding hydrogens is 204 g/mol. The van der Waals surface area contributed by atoms with E-state index in [1.165, 1.54) is 0 Å². The zero-order valence-electron chi connectivity index (χ0n) is 10.1. The number of nitrogens with zero attached hydrogens (tertiary/aromatic N) is 1. The van der Waals surface area contributed by atoms with Crippen molar-refractivity contribution in [3.8, 4) is 0 Å². The van der Waals surface area contributed by atoms with E-state index >= 15 is 0 Å². The van der Waals surface area contributed by atoms with Gasteiger partial charge in [0.05, 0.1) is 12.0 Å². The number of piperidine rings is 2. The molecule has 0 saturated carbocycles. The second kappa shape index (κ2) is 5.64. The maximum absolute atomic E-state index is 12.2. The van der Waals surface area contributed by atoms with Crippen molar-refractivity contribution in [2.75, 3.05) is 33.3 Å². The molecule has 4 heteroatoms. The number of methoxy groups -OCH3 is 1. The third-order valence-electron chi connectivity index (χ3n) is 3.67. The van der Waals surface area contributed by atoms with Crippen molar-refractivity contribution >= 4 is 5.91 Å². The van der Waals surface area contributed by atoms with Gasteiger partial charge in [-0.3, -0.25) is 4.79 Å². The van der Waals surface area contributed by atoms with Gasteiger partial charge in [0.2, 0.25) is 5.91 Å². The summed E-state index contributed by atoms with van der Waals surface area (Å²) in [5, 5.41) is 3.30. The third kappa shape index (κ3) is 2.74. The summed E-state index contributed by atoms with van der Waals surface area (Å²) in [7, 11) is 1.74. The predicted octanol–water partition coefficient (Wildman–Crippen LogP) is 0.623. The van der Waals surface area contributed by atoms with E-state index in [2.05, 4.69) is 5.32 Å². The van der Waals surface area contributed by atoms with Crippen LogP contribution in [0.5, 0.6) is 0 Å². The van der Waals surface area contributed by atoms with Crippen LogP contribution in [-0.2, 0) is 9.53 Å². The lowest BCUT2D eigenvalue weighted by molar-refractivity contribution is -0.139. The van der Waals surface area contributed by atoms with Gasteiger partial charge >= 0.3 is 0 Å². The molecule has 0 radical (unpaired) electrons. The fourth-order valence-corrected chi connectivity index (χ4v) is 2.65. The number of nitrogens with one attached hydrogen (secondary N) is 1. The van der Waals surface area contributed by atoms with Crippen LogP contribution in [0.4, 0.5) is 0 Å². The fraction of sp³-hybridized carbons (Fsp3) is 0.917. The van der Waals surface area contributed by atoms with E-state index in [9.17, 15) is 4.79 Å². The molecule has 2 heterocycles. The van der Waals surface area contributed by atoms with Gasteiger partial charge in [-0.05, 0) is 32.2 Å². The Morgan fingerprint density at radius 3 is 2.94 bits per heavy atom. The first-order valence-corrected chi connectivity index (χ1v) is 6.33. The molecule has 2 saturated heterocycles. The summed E-state index contributed by atoms with van der Waals surface area (Å²) in [6.45, 7) is 3.61. The van der Waals surface area contributed by atoms with Crippen molar-refractivity contribution in [2.45, 2.75) is 31.8 Å². The van der Waals surface area contributed by atoms with E-state index < -0.39 is 0 Å². The molecule has 0 unspecified atom stereocenters. The number of carbonyl (C=O) groups is 1. The average molecular weight is 226 g/mol. The molecule has 0 bridgehead atoms. The van der Waals surface area contributed by atoms with Crippen molar-refractivity contribution in [3.05, 3.63) is 0 Å². The molecule has 4 nitrogen and oxygen atoms in total. The summed E-state index contributed by atoms with van der Waals surface area (Å²) < 4.78 is 5.35. The lowest BCUT2D eigenvalue weighted by atomic mass is 9.96. The number of amides is 1. The van der Waals surface area contributed by atoms with Crippen molar-refractivity contribution in [1.29, 1.82) is 0 Å². The number of likely N-dealkylation sites (tertiary alicyclic amines) is 1. The minimum absolute atomic E-state index is 0.198. The molecule has 0 aromatic carbocycles. The first-order valence-electron chi connectivity index (χ1n) is 6.33. The second-order valence-corrected chi connectivity index (χ2v) is 4.83. The van der Waals surface area contributed by atoms with E-state index in [1.54, 1.807) is 7.11 Å². The van der Waals surface area contributed by atoms with Gasteiger partial charge in [0, 0.05) is 26.7 Å². The Morgan fingerprint density at radius 2 is 2.25 bits per heavy atom. The van der Waals surface area contributed by atoms with E-state index in [-0.39, 0.29) is 12.0 Å². The second-order valence-electron chi connectivity index (χ2n) is 4.83. The molecule has 0 aromatic heterocycles. The molecule has 1 N–H and O–H groups in total. The Labute approximate surface area is 97.3 Å². The van der Waals surface area contributed by atoms with Crippen LogP contribution in [0.25, 0.3) is 0 Å². The predicted molar refractivity (Wildman–Crippen MR) is 62.2 cm³/mol. The largest absolute Gasteiger partial charge is 0.380 e. The highest BCUT2D eigenvalue weighted by atomic mass is 16.5. The van der Waals surface area contributed by atoms with Crippen molar-refractivity contribution < 1.29 is 9.53 Å². The lowest BCUT2D eigenvalue weighted by Gasteiger charge is -2.35. The molecule has 0 spiro atoms. The summed E-state index contributed by atoms with van der Waals surface area (Å²) in [4.78, 5) is 14.2. The molecule has 1 amide bonds. The van der Waals surface area contributed by atoms with Crippen LogP contribution in [0.15, 0.2) is 0 Å². The normalized spacial score (nSPS) is 31.4. The van der Waals surface area contributed by atoms with Crippen molar-refractivity contribution in [2.24, 2.45) is 5.92 Å². The molecule has 0 aliphatic carbocycles. The van der Waals surface area contributed by atoms with E-state index in [0.717, 1.165) is 51.9 Å². The first-order chi connectivity index (χ1) is 7.81. The minimum atomic E-state index is 0.198. The molecule has 2 aliphatic heterocycles. The lowest BCUT2D eigenvalue weighted by Crippen LogP contribution is -2.48. The van der Waals surface area contributed by atoms with Gasteiger partial charge in [0.1, 0.15) is 0 Å². The molecule has 2 aliphatic rings. The van der Waals surface area contributed by atoms with Gasteiger partial charge in [-0.25, -0.2) is 0 Å². The summed E-state index contributed by atoms with van der Waals surface area (Å²) in [5.74, 6) is 0.526. The third-order valence-corrected chi connectivity index (χ3v) is 3.67. The summed E-state index contributed by atoms with van der Waals surface area (Å²) in [6.07, 6.45) is 4.57. The summed E-state index contributed by atoms with van der Waals surface area (Å²) >= 11 is 0. The number of hydrogen-bond acceptors (Lipinski definition) is 3. The Bertz CT molecular complexity index is 239. The van der Waals surface area contributed by atoms with Gasteiger partial charge in [0.15, 0.2) is 0 Å². The number of ether oxygens (including phenoxy) is 1. The first kappa shape index (κ1) is 11.9. The van der Waals surface area contributed by atoms with Gasteiger partial charge in [-0.15, -0.1) is 0 Å². The molecule has 16 heavy (non-hydrogen) atoms. The van der Waals surface area contributed by atoms with Gasteiger partial charge in [-0.1, -0.05) is 0 Å². The topological polar surface area (TPSA) is 41.6 Å². The van der Waals surface area contributed by atoms with E-state index in [1.807, 2.05) is 4.90 Å². The standard InChI is InChI=1S/C12H22N2O2/c1-16-11-5-3-7-14(9-11)12(15)10-4-2-6-13-8-10/h10-11,13H,2-9H2,1H3/t10-,11-/m0/s1. The monoisotopic (exact) mass is 226 g/mol. The smallest absolute Gasteiger partial charge is 0.227 e. The molecule has 92 valence electrons. The van der Waals surface area contributed by atoms with Crippen LogP contribution >= 0.6 is 0 Å². The van der Waals surface area contributed by atoms with Crippen LogP contribution in [-0.4, -0.2) is 50.2 Å².